The number of hydrogen-bond donors (Lipinski definition) is 0. The minimum absolute atomic E-state index is 0.681. The second-order valence-electron chi connectivity index (χ2n) is 5.32. The van der Waals surface area contributed by atoms with Gasteiger partial charge in [-0.2, -0.15) is 5.26 Å². The average Bonchev–Trinajstić information content (AvgIpc) is 2.54. The Morgan fingerprint density at radius 3 is 2.77 bits per heavy atom. The van der Waals surface area contributed by atoms with Crippen LogP contribution in [0, 0.1) is 11.3 Å². The Bertz CT molecular complexity index is 749. The molecular weight excluding hydrogens is 312 g/mol. The zero-order valence-corrected chi connectivity index (χ0v) is 14.1. The van der Waals surface area contributed by atoms with E-state index in [0.717, 1.165) is 46.9 Å². The molecule has 3 rings (SSSR count). The summed E-state index contributed by atoms with van der Waals surface area (Å²) in [5.74, 6) is 0.905. The van der Waals surface area contributed by atoms with Crippen molar-refractivity contribution in [3.63, 3.8) is 0 Å². The molecule has 112 valence electrons. The number of hydrogen-bond acceptors (Lipinski definition) is 3. The van der Waals surface area contributed by atoms with Gasteiger partial charge in [0.15, 0.2) is 0 Å². The third-order valence-electron chi connectivity index (χ3n) is 3.98. The van der Waals surface area contributed by atoms with Gasteiger partial charge in [0.2, 0.25) is 0 Å². The Labute approximate surface area is 140 Å². The van der Waals surface area contributed by atoms with E-state index in [1.807, 2.05) is 24.3 Å². The van der Waals surface area contributed by atoms with Crippen molar-refractivity contribution in [1.82, 2.24) is 4.98 Å². The van der Waals surface area contributed by atoms with Gasteiger partial charge in [-0.3, -0.25) is 0 Å². The lowest BCUT2D eigenvalue weighted by Gasteiger charge is -2.22. The van der Waals surface area contributed by atoms with Crippen molar-refractivity contribution in [2.75, 3.05) is 5.75 Å². The zero-order valence-electron chi connectivity index (χ0n) is 12.5. The summed E-state index contributed by atoms with van der Waals surface area (Å²) in [4.78, 5) is 4.79. The van der Waals surface area contributed by atoms with Crippen LogP contribution in [0.1, 0.15) is 36.6 Å². The SMILES string of the molecule is CCSc1nc2c(c(-c3ccccc3Cl)c1C#N)CCCC2. The van der Waals surface area contributed by atoms with E-state index < -0.39 is 0 Å². The molecule has 1 aromatic heterocycles. The van der Waals surface area contributed by atoms with Crippen LogP contribution in [0.25, 0.3) is 11.1 Å². The van der Waals surface area contributed by atoms with E-state index in [2.05, 4.69) is 13.0 Å². The van der Waals surface area contributed by atoms with Crippen molar-refractivity contribution < 1.29 is 0 Å². The van der Waals surface area contributed by atoms with Crippen LogP contribution in [0.5, 0.6) is 0 Å². The molecule has 0 radical (unpaired) electrons. The van der Waals surface area contributed by atoms with Crippen molar-refractivity contribution in [1.29, 1.82) is 5.26 Å². The first kappa shape index (κ1) is 15.4. The standard InChI is InChI=1S/C18H17ClN2S/c1-2-22-18-14(11-20)17(12-7-3-5-9-15(12)19)13-8-4-6-10-16(13)21-18/h3,5,7,9H,2,4,6,8,10H2,1H3. The van der Waals surface area contributed by atoms with Gasteiger partial charge in [-0.1, -0.05) is 36.7 Å². The van der Waals surface area contributed by atoms with E-state index in [0.29, 0.717) is 10.6 Å². The zero-order chi connectivity index (χ0) is 15.5. The topological polar surface area (TPSA) is 36.7 Å². The Balaban J connectivity index is 2.33. The Morgan fingerprint density at radius 1 is 1.27 bits per heavy atom. The number of rotatable bonds is 3. The van der Waals surface area contributed by atoms with Gasteiger partial charge < -0.3 is 0 Å². The predicted molar refractivity (Wildman–Crippen MR) is 92.4 cm³/mol. The van der Waals surface area contributed by atoms with Crippen LogP contribution in [0.15, 0.2) is 29.3 Å². The fraction of sp³-hybridized carbons (Fsp3) is 0.333. The number of halogens is 1. The molecule has 22 heavy (non-hydrogen) atoms. The lowest BCUT2D eigenvalue weighted by molar-refractivity contribution is 0.661. The number of fused-ring (bicyclic) bond motifs is 1. The summed E-state index contributed by atoms with van der Waals surface area (Å²) in [5.41, 5.74) is 5.01. The van der Waals surface area contributed by atoms with Crippen LogP contribution in [-0.4, -0.2) is 10.7 Å². The highest BCUT2D eigenvalue weighted by Crippen LogP contribution is 2.40. The first-order chi connectivity index (χ1) is 10.8. The Morgan fingerprint density at radius 2 is 2.05 bits per heavy atom. The summed E-state index contributed by atoms with van der Waals surface area (Å²) in [6.45, 7) is 2.09. The summed E-state index contributed by atoms with van der Waals surface area (Å²) in [5, 5.41) is 11.3. The van der Waals surface area contributed by atoms with Crippen molar-refractivity contribution >= 4 is 23.4 Å². The lowest BCUT2D eigenvalue weighted by atomic mass is 9.87. The molecule has 1 aromatic carbocycles. The summed E-state index contributed by atoms with van der Waals surface area (Å²) < 4.78 is 0. The molecule has 0 atom stereocenters. The Hall–Kier alpha value is -1.50. The molecule has 0 bridgehead atoms. The summed E-state index contributed by atoms with van der Waals surface area (Å²) >= 11 is 8.06. The summed E-state index contributed by atoms with van der Waals surface area (Å²) in [6.07, 6.45) is 4.30. The van der Waals surface area contributed by atoms with Crippen LogP contribution < -0.4 is 0 Å². The van der Waals surface area contributed by atoms with Crippen LogP contribution in [0.2, 0.25) is 5.02 Å². The van der Waals surface area contributed by atoms with Gasteiger partial charge >= 0.3 is 0 Å². The van der Waals surface area contributed by atoms with Crippen molar-refractivity contribution in [3.8, 4) is 17.2 Å². The molecule has 2 aromatic rings. The monoisotopic (exact) mass is 328 g/mol. The molecule has 1 heterocycles. The minimum atomic E-state index is 0.681. The lowest BCUT2D eigenvalue weighted by Crippen LogP contribution is -2.10. The van der Waals surface area contributed by atoms with Gasteiger partial charge in [0.25, 0.3) is 0 Å². The van der Waals surface area contributed by atoms with Gasteiger partial charge in [0.1, 0.15) is 11.1 Å². The van der Waals surface area contributed by atoms with Gasteiger partial charge in [0, 0.05) is 21.8 Å². The second kappa shape index (κ2) is 6.73. The van der Waals surface area contributed by atoms with Gasteiger partial charge in [-0.05, 0) is 43.1 Å². The number of nitriles is 1. The van der Waals surface area contributed by atoms with E-state index in [9.17, 15) is 5.26 Å². The number of aryl methyl sites for hydroxylation is 1. The highest BCUT2D eigenvalue weighted by molar-refractivity contribution is 7.99. The van der Waals surface area contributed by atoms with Crippen molar-refractivity contribution in [3.05, 3.63) is 46.1 Å². The van der Waals surface area contributed by atoms with Crippen LogP contribution in [-0.2, 0) is 12.8 Å². The number of aromatic nitrogens is 1. The number of benzene rings is 1. The molecule has 4 heteroatoms. The maximum Gasteiger partial charge on any atom is 0.115 e. The van der Waals surface area contributed by atoms with Gasteiger partial charge in [-0.15, -0.1) is 11.8 Å². The molecule has 2 nitrogen and oxygen atoms in total. The largest absolute Gasteiger partial charge is 0.245 e. The first-order valence-corrected chi connectivity index (χ1v) is 8.96. The maximum absolute atomic E-state index is 9.73. The van der Waals surface area contributed by atoms with Crippen LogP contribution >= 0.6 is 23.4 Å². The van der Waals surface area contributed by atoms with Crippen LogP contribution in [0.4, 0.5) is 0 Å². The molecule has 0 saturated carbocycles. The van der Waals surface area contributed by atoms with E-state index in [-0.39, 0.29) is 0 Å². The molecule has 1 aliphatic rings. The molecule has 0 saturated heterocycles. The second-order valence-corrected chi connectivity index (χ2v) is 6.98. The number of pyridine rings is 1. The predicted octanol–water partition coefficient (Wildman–Crippen LogP) is 5.26. The molecule has 0 aliphatic heterocycles. The van der Waals surface area contributed by atoms with E-state index in [1.165, 1.54) is 12.0 Å². The third kappa shape index (κ3) is 2.74. The molecular formula is C18H17ClN2S. The summed E-state index contributed by atoms with van der Waals surface area (Å²) in [7, 11) is 0. The Kier molecular flexibility index (Phi) is 4.71. The quantitative estimate of drug-likeness (QED) is 0.721. The fourth-order valence-corrected chi connectivity index (χ4v) is 3.99. The normalized spacial score (nSPS) is 13.5. The number of nitrogens with zero attached hydrogens (tertiary/aromatic N) is 2. The molecule has 0 amide bonds. The van der Waals surface area contributed by atoms with E-state index >= 15 is 0 Å². The van der Waals surface area contributed by atoms with E-state index in [1.54, 1.807) is 11.8 Å². The minimum Gasteiger partial charge on any atom is -0.245 e. The van der Waals surface area contributed by atoms with E-state index in [4.69, 9.17) is 16.6 Å². The van der Waals surface area contributed by atoms with Crippen molar-refractivity contribution in [2.24, 2.45) is 0 Å². The first-order valence-electron chi connectivity index (χ1n) is 7.59. The third-order valence-corrected chi connectivity index (χ3v) is 5.16. The smallest absolute Gasteiger partial charge is 0.115 e. The number of thioether (sulfide) groups is 1. The molecule has 1 aliphatic carbocycles. The van der Waals surface area contributed by atoms with Gasteiger partial charge in [-0.25, -0.2) is 4.98 Å². The molecule has 0 N–H and O–H groups in total. The molecule has 0 spiro atoms. The fourth-order valence-electron chi connectivity index (χ4n) is 3.02. The molecule has 0 unspecified atom stereocenters. The highest BCUT2D eigenvalue weighted by Gasteiger charge is 2.23. The summed E-state index contributed by atoms with van der Waals surface area (Å²) in [6, 6.07) is 10.2. The van der Waals surface area contributed by atoms with Crippen molar-refractivity contribution in [2.45, 2.75) is 37.6 Å². The van der Waals surface area contributed by atoms with Gasteiger partial charge in [0.05, 0.1) is 5.56 Å². The average molecular weight is 329 g/mol. The molecule has 0 fully saturated rings. The highest BCUT2D eigenvalue weighted by atomic mass is 35.5. The van der Waals surface area contributed by atoms with Crippen LogP contribution in [0.3, 0.4) is 0 Å². The maximum atomic E-state index is 9.73.